The minimum absolute atomic E-state index is 0.0210. The van der Waals surface area contributed by atoms with Gasteiger partial charge in [-0.25, -0.2) is 26.0 Å². The maximum absolute atomic E-state index is 14.7. The van der Waals surface area contributed by atoms with E-state index in [0.717, 1.165) is 67.1 Å². The molecule has 1 saturated heterocycles. The van der Waals surface area contributed by atoms with E-state index in [2.05, 4.69) is 85.3 Å². The Morgan fingerprint density at radius 1 is 0.766 bits per heavy atom. The van der Waals surface area contributed by atoms with Crippen molar-refractivity contribution in [1.82, 2.24) is 45.5 Å². The van der Waals surface area contributed by atoms with Crippen LogP contribution < -0.4 is 41.2 Å². The number of carbonyl (C=O) groups is 7. The average molecular weight is 1540 g/mol. The number of nitrogens with one attached hydrogen (secondary N) is 5. The number of aromatic amines is 1. The van der Waals surface area contributed by atoms with Crippen LogP contribution >= 0.6 is 30.1 Å². The number of alkyl halides is 3. The molecule has 32 heteroatoms. The second-order valence-electron chi connectivity index (χ2n) is 26.2. The molecule has 1 fully saturated rings. The van der Waals surface area contributed by atoms with Gasteiger partial charge in [0.2, 0.25) is 36.1 Å². The molecule has 2 aromatic heterocycles. The standard InChI is InChI=1S/C75H96F3N12O14PS2/c1-48(2)68(94)86-73-85-67-66(70(96)87-73)83-56(44-82-67)45-89(72(98)75(76,77)78)57-29-23-52(24-30-57)69(95)84-62(71(97)101-11)35-36-64(92)80-38-18-13-12-17-21-63(91)81-40-42-106-107-51(7)22-37-65(93)88-46-61(104-105(103-41-39-79-8)90(49(3)4)50(5)6)43-58(88)47-102-74(53-19-15-14-16-20-53,54-25-31-59(99-9)32-26-54)55-27-33-60(100-10)34-28-55/h14-16,19-20,23-34,44,48-51,58,61-62H,12-13,17-18,21-22,35-43,45-47H2,1-7,9-11H3,(H,80,92)(H,81,91)(H,84,95)(H2,82,85,86,87,94,96)/t51?,58-,61+,62+,105?/m0/s1. The first kappa shape index (κ1) is 85.5. The summed E-state index contributed by atoms with van der Waals surface area (Å²) in [6, 6.07) is 28.6. The summed E-state index contributed by atoms with van der Waals surface area (Å²) in [6.45, 7) is 22.0. The quantitative estimate of drug-likeness (QED) is 0.00594. The Hall–Kier alpha value is -8.76. The van der Waals surface area contributed by atoms with E-state index in [1.807, 2.05) is 83.8 Å². The lowest BCUT2D eigenvalue weighted by atomic mass is 9.80. The number of rotatable bonds is 42. The molecule has 1 aliphatic rings. The molecule has 1 aliphatic heterocycles. The Balaban J connectivity index is 0.835. The number of esters is 1. The van der Waals surface area contributed by atoms with Crippen LogP contribution in [0, 0.1) is 12.5 Å². The lowest BCUT2D eigenvalue weighted by Gasteiger charge is -2.38. The minimum Gasteiger partial charge on any atom is -0.497 e. The van der Waals surface area contributed by atoms with Crippen LogP contribution in [0.4, 0.5) is 24.8 Å². The van der Waals surface area contributed by atoms with Gasteiger partial charge in [0.1, 0.15) is 29.7 Å². The van der Waals surface area contributed by atoms with Gasteiger partial charge in [0.25, 0.3) is 20.0 Å². The zero-order valence-corrected chi connectivity index (χ0v) is 64.4. The fourth-order valence-electron chi connectivity index (χ4n) is 11.9. The molecule has 0 bridgehead atoms. The van der Waals surface area contributed by atoms with Crippen molar-refractivity contribution in [3.05, 3.63) is 159 Å². The number of H-pyrrole nitrogens is 1. The van der Waals surface area contributed by atoms with Crippen LogP contribution in [-0.2, 0) is 59.4 Å². The third-order valence-electron chi connectivity index (χ3n) is 17.3. The molecule has 4 aromatic carbocycles. The largest absolute Gasteiger partial charge is 0.497 e. The van der Waals surface area contributed by atoms with Crippen LogP contribution in [0.2, 0.25) is 0 Å². The molecule has 578 valence electrons. The van der Waals surface area contributed by atoms with E-state index >= 15 is 0 Å². The number of unbranched alkanes of at least 4 members (excludes halogenated alkanes) is 3. The van der Waals surface area contributed by atoms with Crippen molar-refractivity contribution in [2.75, 3.05) is 76.7 Å². The smallest absolute Gasteiger partial charge is 0.471 e. The van der Waals surface area contributed by atoms with E-state index in [-0.39, 0.29) is 114 Å². The number of hydrogen-bond acceptors (Lipinski definition) is 20. The van der Waals surface area contributed by atoms with E-state index in [1.165, 1.54) is 0 Å². The highest BCUT2D eigenvalue weighted by Crippen LogP contribution is 2.49. The van der Waals surface area contributed by atoms with Crippen LogP contribution in [0.5, 0.6) is 11.5 Å². The summed E-state index contributed by atoms with van der Waals surface area (Å²) >= 11 is 0. The van der Waals surface area contributed by atoms with E-state index in [4.69, 9.17) is 34.6 Å². The molecule has 3 heterocycles. The molecule has 0 saturated carbocycles. The Labute approximate surface area is 631 Å². The minimum atomic E-state index is -5.36. The highest BCUT2D eigenvalue weighted by Gasteiger charge is 2.45. The molecule has 0 radical (unpaired) electrons. The maximum Gasteiger partial charge on any atom is 0.471 e. The summed E-state index contributed by atoms with van der Waals surface area (Å²) in [4.78, 5) is 124. The molecule has 0 aliphatic carbocycles. The van der Waals surface area contributed by atoms with Crippen LogP contribution in [0.1, 0.15) is 145 Å². The molecule has 5 N–H and O–H groups in total. The lowest BCUT2D eigenvalue weighted by Crippen LogP contribution is -2.42. The third-order valence-corrected chi connectivity index (χ3v) is 22.5. The number of likely N-dealkylation sites (tertiary alicyclic amines) is 1. The number of benzene rings is 4. The zero-order chi connectivity index (χ0) is 77.8. The molecular weight excluding hydrogens is 1440 g/mol. The number of hydrogen-bond donors (Lipinski definition) is 5. The van der Waals surface area contributed by atoms with E-state index < -0.39 is 74.0 Å². The van der Waals surface area contributed by atoms with Gasteiger partial charge in [-0.1, -0.05) is 110 Å². The SMILES string of the molecule is [C-]#[N+]CCOP(O[C@@H]1C[C@@H](COC(c2ccccc2)(c2ccc(OC)cc2)c2ccc(OC)cc2)N(C(=O)CCC(C)SSCCNC(=O)CCCCCCNC(=O)CC[C@@H](NC(=O)c2ccc(N(Cc3cnc4nc(NC(=O)C(C)C)[nH]c(=O)c4n3)C(=O)C(F)(F)F)cc2)C(=O)OC)C1)N(C(C)C)C(C)C. The molecular formula is C75H96F3N12O14PS2. The van der Waals surface area contributed by atoms with Gasteiger partial charge in [-0.2, -0.15) is 18.2 Å². The number of ether oxygens (including phenoxy) is 4. The van der Waals surface area contributed by atoms with Crippen LogP contribution in [0.25, 0.3) is 16.0 Å². The molecule has 107 heavy (non-hydrogen) atoms. The first-order valence-electron chi connectivity index (χ1n) is 35.4. The average Bonchev–Trinajstić information content (AvgIpc) is 1.56. The van der Waals surface area contributed by atoms with Crippen molar-refractivity contribution < 1.29 is 74.7 Å². The number of nitrogens with zero attached hydrogens (tertiary/aromatic N) is 7. The maximum atomic E-state index is 14.7. The molecule has 7 rings (SSSR count). The van der Waals surface area contributed by atoms with Gasteiger partial charge in [0.15, 0.2) is 11.2 Å². The Morgan fingerprint density at radius 2 is 1.39 bits per heavy atom. The Kier molecular flexibility index (Phi) is 33.6. The van der Waals surface area contributed by atoms with Crippen LogP contribution in [0.15, 0.2) is 114 Å². The summed E-state index contributed by atoms with van der Waals surface area (Å²) in [7, 11) is 6.05. The number of carbonyl (C=O) groups excluding carboxylic acids is 7. The van der Waals surface area contributed by atoms with Gasteiger partial charge < -0.3 is 53.7 Å². The van der Waals surface area contributed by atoms with Crippen molar-refractivity contribution in [1.29, 1.82) is 0 Å². The Bertz CT molecular complexity index is 3960. The molecule has 2 unspecified atom stereocenters. The number of anilines is 2. The van der Waals surface area contributed by atoms with E-state index in [1.54, 1.807) is 49.7 Å². The fraction of sp³-hybridized carbons (Fsp3) is 0.493. The third kappa shape index (κ3) is 25.2. The summed E-state index contributed by atoms with van der Waals surface area (Å²) in [6.07, 6.45) is -0.656. The molecule has 5 atom stereocenters. The summed E-state index contributed by atoms with van der Waals surface area (Å²) in [5.74, 6) is -3.55. The summed E-state index contributed by atoms with van der Waals surface area (Å²) in [5, 5.41) is 10.8. The van der Waals surface area contributed by atoms with E-state index in [0.29, 0.717) is 73.9 Å². The first-order chi connectivity index (χ1) is 51.2. The van der Waals surface area contributed by atoms with Crippen molar-refractivity contribution >= 4 is 94.3 Å². The predicted molar refractivity (Wildman–Crippen MR) is 405 cm³/mol. The zero-order valence-electron chi connectivity index (χ0n) is 61.9. The van der Waals surface area contributed by atoms with Crippen LogP contribution in [0.3, 0.4) is 0 Å². The highest BCUT2D eigenvalue weighted by molar-refractivity contribution is 8.76. The molecule has 0 spiro atoms. The monoisotopic (exact) mass is 1540 g/mol. The van der Waals surface area contributed by atoms with Crippen LogP contribution in [-0.4, -0.2) is 179 Å². The summed E-state index contributed by atoms with van der Waals surface area (Å²) in [5.41, 5.74) is -0.607. The highest BCUT2D eigenvalue weighted by atomic mass is 33.1. The number of halogens is 3. The normalized spacial score (nSPS) is 14.7. The molecule has 6 amide bonds. The summed E-state index contributed by atoms with van der Waals surface area (Å²) < 4.78 is 80.7. The number of amides is 6. The van der Waals surface area contributed by atoms with Crippen molar-refractivity contribution in [2.45, 2.75) is 167 Å². The predicted octanol–water partition coefficient (Wildman–Crippen LogP) is 11.5. The lowest BCUT2D eigenvalue weighted by molar-refractivity contribution is -0.170. The number of fused-ring (bicyclic) bond motifs is 1. The first-order valence-corrected chi connectivity index (χ1v) is 39.0. The number of aromatic nitrogens is 4. The van der Waals surface area contributed by atoms with Crippen molar-refractivity contribution in [3.63, 3.8) is 0 Å². The fourth-order valence-corrected chi connectivity index (χ4v) is 15.8. The van der Waals surface area contributed by atoms with Gasteiger partial charge >= 0.3 is 18.1 Å². The van der Waals surface area contributed by atoms with Gasteiger partial charge in [0, 0.05) is 79.2 Å². The topological polar surface area (TPSA) is 309 Å². The van der Waals surface area contributed by atoms with E-state index in [9.17, 15) is 51.5 Å². The Morgan fingerprint density at radius 3 is 2.00 bits per heavy atom. The van der Waals surface area contributed by atoms with Crippen molar-refractivity contribution in [3.8, 4) is 11.5 Å². The molecule has 6 aromatic rings. The second kappa shape index (κ2) is 42.1. The van der Waals surface area contributed by atoms with Gasteiger partial charge in [-0.05, 0) is 125 Å². The second-order valence-corrected chi connectivity index (χ2v) is 30.6. The van der Waals surface area contributed by atoms with Crippen molar-refractivity contribution in [2.24, 2.45) is 5.92 Å². The van der Waals surface area contributed by atoms with Gasteiger partial charge in [-0.15, -0.1) is 0 Å². The van der Waals surface area contributed by atoms with Gasteiger partial charge in [0.05, 0.1) is 58.5 Å². The van der Waals surface area contributed by atoms with Gasteiger partial charge in [-0.3, -0.25) is 48.8 Å². The number of methoxy groups -OCH3 is 3. The molecule has 26 nitrogen and oxygen atoms in total.